The highest BCUT2D eigenvalue weighted by molar-refractivity contribution is 5.51. The Labute approximate surface area is 102 Å². The molecule has 2 N–H and O–H groups in total. The van der Waals surface area contributed by atoms with E-state index in [4.69, 9.17) is 5.73 Å². The summed E-state index contributed by atoms with van der Waals surface area (Å²) in [6.45, 7) is 0. The third-order valence-electron chi connectivity index (χ3n) is 1.61. The van der Waals surface area contributed by atoms with Crippen molar-refractivity contribution in [2.75, 3.05) is 5.73 Å². The van der Waals surface area contributed by atoms with E-state index in [-0.39, 0.29) is 5.69 Å². The fraction of sp³-hybridized carbons (Fsp3) is 0. The molecule has 1 aromatic carbocycles. The fourth-order valence-corrected chi connectivity index (χ4v) is 0.996. The van der Waals surface area contributed by atoms with E-state index in [2.05, 4.69) is 9.47 Å². The summed E-state index contributed by atoms with van der Waals surface area (Å²) in [7, 11) is 0. The van der Waals surface area contributed by atoms with Crippen LogP contribution in [-0.4, -0.2) is 0 Å². The first kappa shape index (κ1) is 14.7. The molecule has 0 aliphatic rings. The Balaban J connectivity index is 3.01. The molecule has 0 fully saturated rings. The lowest BCUT2D eigenvalue weighted by Crippen LogP contribution is -1.96. The van der Waals surface area contributed by atoms with Crippen molar-refractivity contribution in [3.05, 3.63) is 42.4 Å². The molecule has 0 aliphatic heterocycles. The Morgan fingerprint density at radius 2 is 1.11 bits per heavy atom. The van der Waals surface area contributed by atoms with E-state index >= 15 is 0 Å². The van der Waals surface area contributed by atoms with Crippen LogP contribution in [0.5, 0.6) is 11.5 Å². The minimum absolute atomic E-state index is 0.202. The first-order chi connectivity index (χ1) is 8.79. The summed E-state index contributed by atoms with van der Waals surface area (Å²) in [5.41, 5.74) is 5.05. The summed E-state index contributed by atoms with van der Waals surface area (Å²) in [5.74, 6) is -1.15. The Hall–Kier alpha value is -2.32. The molecule has 0 unspecified atom stereocenters. The number of nitrogens with two attached hydrogens (primary N) is 1. The fourth-order valence-electron chi connectivity index (χ4n) is 0.996. The van der Waals surface area contributed by atoms with Gasteiger partial charge < -0.3 is 15.2 Å². The van der Waals surface area contributed by atoms with Gasteiger partial charge in [0.2, 0.25) is 0 Å². The van der Waals surface area contributed by atoms with Gasteiger partial charge in [0, 0.05) is 23.9 Å². The van der Waals surface area contributed by atoms with E-state index in [0.29, 0.717) is 6.07 Å². The Morgan fingerprint density at radius 3 is 1.42 bits per heavy atom. The van der Waals surface area contributed by atoms with Gasteiger partial charge in [0.15, 0.2) is 0 Å². The predicted octanol–water partition coefficient (Wildman–Crippen LogP) is 4.10. The zero-order valence-corrected chi connectivity index (χ0v) is 8.89. The van der Waals surface area contributed by atoms with Gasteiger partial charge >= 0.3 is 24.2 Å². The summed E-state index contributed by atoms with van der Waals surface area (Å²) in [5, 5.41) is 0. The highest BCUT2D eigenvalue weighted by Gasteiger charge is 2.12. The minimum Gasteiger partial charge on any atom is -0.428 e. The minimum atomic E-state index is -2.73. The third kappa shape index (κ3) is 4.45. The van der Waals surface area contributed by atoms with Crippen molar-refractivity contribution in [1.82, 2.24) is 0 Å². The number of hydrogen-bond donors (Lipinski definition) is 1. The molecule has 9 heteroatoms. The maximum Gasteiger partial charge on any atom is 0.344 e. The molecule has 0 atom stereocenters. The highest BCUT2D eigenvalue weighted by Crippen LogP contribution is 2.29. The SMILES string of the molecule is Nc1cc(OC(F)=C(F)F)cc(OC(F)=C(F)F)c1. The Morgan fingerprint density at radius 1 is 0.737 bits per heavy atom. The third-order valence-corrected chi connectivity index (χ3v) is 1.61. The standard InChI is InChI=1S/C10H5F6NO2/c11-7(12)9(15)18-5-1-4(17)2-6(3-5)19-10(16)8(13)14/h1-3H,17H2. The average molecular weight is 285 g/mol. The topological polar surface area (TPSA) is 44.5 Å². The lowest BCUT2D eigenvalue weighted by molar-refractivity contribution is 0.233. The second-order valence-corrected chi connectivity index (χ2v) is 3.01. The van der Waals surface area contributed by atoms with E-state index < -0.39 is 35.7 Å². The maximum atomic E-state index is 12.5. The number of hydrogen-bond acceptors (Lipinski definition) is 3. The summed E-state index contributed by atoms with van der Waals surface area (Å²) in [6, 6.07) is -1.90. The number of anilines is 1. The van der Waals surface area contributed by atoms with Gasteiger partial charge in [-0.3, -0.25) is 0 Å². The summed E-state index contributed by atoms with van der Waals surface area (Å²) in [4.78, 5) is 0. The van der Waals surface area contributed by atoms with Crippen molar-refractivity contribution >= 4 is 5.69 Å². The van der Waals surface area contributed by atoms with Crippen LogP contribution in [0, 0.1) is 0 Å². The zero-order valence-electron chi connectivity index (χ0n) is 8.89. The molecule has 0 radical (unpaired) electrons. The highest BCUT2D eigenvalue weighted by atomic mass is 19.3. The largest absolute Gasteiger partial charge is 0.428 e. The monoisotopic (exact) mass is 285 g/mol. The van der Waals surface area contributed by atoms with Crippen LogP contribution in [-0.2, 0) is 0 Å². The molecular formula is C10H5F6NO2. The van der Waals surface area contributed by atoms with E-state index in [1.807, 2.05) is 0 Å². The molecule has 104 valence electrons. The first-order valence-corrected chi connectivity index (χ1v) is 4.47. The van der Waals surface area contributed by atoms with Gasteiger partial charge in [-0.25, -0.2) is 0 Å². The lowest BCUT2D eigenvalue weighted by Gasteiger charge is -2.07. The predicted molar refractivity (Wildman–Crippen MR) is 52.8 cm³/mol. The maximum absolute atomic E-state index is 12.5. The Kier molecular flexibility index (Phi) is 4.67. The van der Waals surface area contributed by atoms with Crippen LogP contribution in [0.25, 0.3) is 0 Å². The molecule has 0 saturated carbocycles. The van der Waals surface area contributed by atoms with Crippen LogP contribution in [0.1, 0.15) is 0 Å². The molecule has 0 aliphatic carbocycles. The van der Waals surface area contributed by atoms with Gasteiger partial charge in [-0.05, 0) is 0 Å². The van der Waals surface area contributed by atoms with E-state index in [1.165, 1.54) is 0 Å². The Bertz CT molecular complexity index is 491. The van der Waals surface area contributed by atoms with Crippen molar-refractivity contribution in [2.24, 2.45) is 0 Å². The second-order valence-electron chi connectivity index (χ2n) is 3.01. The quantitative estimate of drug-likeness (QED) is 0.514. The van der Waals surface area contributed by atoms with E-state index in [9.17, 15) is 26.3 Å². The van der Waals surface area contributed by atoms with Gasteiger partial charge in [0.25, 0.3) is 0 Å². The van der Waals surface area contributed by atoms with Crippen molar-refractivity contribution in [3.8, 4) is 11.5 Å². The number of halogens is 6. The normalized spacial score (nSPS) is 9.79. The molecule has 0 saturated heterocycles. The first-order valence-electron chi connectivity index (χ1n) is 4.47. The summed E-state index contributed by atoms with van der Waals surface area (Å²) >= 11 is 0. The van der Waals surface area contributed by atoms with Crippen molar-refractivity contribution in [3.63, 3.8) is 0 Å². The smallest absolute Gasteiger partial charge is 0.344 e. The van der Waals surface area contributed by atoms with E-state index in [0.717, 1.165) is 12.1 Å². The molecular weight excluding hydrogens is 280 g/mol. The number of rotatable bonds is 4. The van der Waals surface area contributed by atoms with Crippen LogP contribution in [0.4, 0.5) is 32.0 Å². The van der Waals surface area contributed by atoms with Crippen LogP contribution in [0.2, 0.25) is 0 Å². The summed E-state index contributed by atoms with van der Waals surface area (Å²) in [6.07, 6.45) is -5.46. The molecule has 1 rings (SSSR count). The van der Waals surface area contributed by atoms with Crippen LogP contribution in [0.15, 0.2) is 42.4 Å². The molecule has 0 spiro atoms. The van der Waals surface area contributed by atoms with Gasteiger partial charge in [-0.15, -0.1) is 0 Å². The van der Waals surface area contributed by atoms with Crippen molar-refractivity contribution in [2.45, 2.75) is 0 Å². The zero-order chi connectivity index (χ0) is 14.6. The molecule has 0 bridgehead atoms. The van der Waals surface area contributed by atoms with Gasteiger partial charge in [0.05, 0.1) is 0 Å². The molecule has 1 aromatic rings. The van der Waals surface area contributed by atoms with Crippen LogP contribution < -0.4 is 15.2 Å². The number of ether oxygens (including phenoxy) is 2. The van der Waals surface area contributed by atoms with E-state index in [1.54, 1.807) is 0 Å². The molecule has 3 nitrogen and oxygen atoms in total. The lowest BCUT2D eigenvalue weighted by atomic mass is 10.3. The van der Waals surface area contributed by atoms with Crippen LogP contribution >= 0.6 is 0 Å². The molecule has 0 aromatic heterocycles. The number of nitrogen functional groups attached to an aromatic ring is 1. The number of benzene rings is 1. The van der Waals surface area contributed by atoms with Gasteiger partial charge in [-0.1, -0.05) is 0 Å². The molecule has 0 amide bonds. The molecule has 19 heavy (non-hydrogen) atoms. The second kappa shape index (κ2) is 6.03. The average Bonchev–Trinajstić information content (AvgIpc) is 2.27. The van der Waals surface area contributed by atoms with Gasteiger partial charge in [0.1, 0.15) is 11.5 Å². The summed E-state index contributed by atoms with van der Waals surface area (Å²) < 4.78 is 80.1. The van der Waals surface area contributed by atoms with Gasteiger partial charge in [-0.2, -0.15) is 26.3 Å². The van der Waals surface area contributed by atoms with Crippen LogP contribution in [0.3, 0.4) is 0 Å². The molecule has 0 heterocycles. The van der Waals surface area contributed by atoms with Crippen molar-refractivity contribution in [1.29, 1.82) is 0 Å². The van der Waals surface area contributed by atoms with Crippen molar-refractivity contribution < 1.29 is 35.8 Å².